The standard InChI is InChI=1S/C14H20N4O2/c15-17-11-5-6-16-9-10(11)14(19)18-7-8-20-13-4-2-1-3-12(13)18/h5-6,9,12-13H,1-4,7-8,15H2,(H,16,17). The summed E-state index contributed by atoms with van der Waals surface area (Å²) in [5.74, 6) is 5.47. The fourth-order valence-electron chi connectivity index (χ4n) is 3.19. The predicted molar refractivity (Wildman–Crippen MR) is 75.1 cm³/mol. The normalized spacial score (nSPS) is 25.9. The molecule has 20 heavy (non-hydrogen) atoms. The van der Waals surface area contributed by atoms with E-state index in [9.17, 15) is 4.79 Å². The smallest absolute Gasteiger partial charge is 0.257 e. The topological polar surface area (TPSA) is 80.5 Å². The number of morpholine rings is 1. The van der Waals surface area contributed by atoms with Crippen LogP contribution in [0.4, 0.5) is 5.69 Å². The van der Waals surface area contributed by atoms with Gasteiger partial charge in [-0.25, -0.2) is 0 Å². The molecule has 1 saturated heterocycles. The molecule has 6 nitrogen and oxygen atoms in total. The van der Waals surface area contributed by atoms with Gasteiger partial charge in [0.25, 0.3) is 5.91 Å². The SMILES string of the molecule is NNc1ccncc1C(=O)N1CCOC2CCCCC21. The molecule has 2 unspecified atom stereocenters. The van der Waals surface area contributed by atoms with Gasteiger partial charge in [0.2, 0.25) is 0 Å². The molecule has 3 N–H and O–H groups in total. The molecule has 0 aromatic carbocycles. The van der Waals surface area contributed by atoms with Crippen molar-refractivity contribution in [2.45, 2.75) is 37.8 Å². The number of fused-ring (bicyclic) bond motifs is 1. The number of nitrogens with two attached hydrogens (primary N) is 1. The maximum absolute atomic E-state index is 12.8. The van der Waals surface area contributed by atoms with E-state index in [0.29, 0.717) is 24.4 Å². The number of nitrogens with zero attached hydrogens (tertiary/aromatic N) is 2. The highest BCUT2D eigenvalue weighted by atomic mass is 16.5. The van der Waals surface area contributed by atoms with E-state index in [0.717, 1.165) is 19.3 Å². The van der Waals surface area contributed by atoms with E-state index in [1.165, 1.54) is 6.42 Å². The number of rotatable bonds is 2. The first-order chi connectivity index (χ1) is 9.81. The molecule has 1 aromatic heterocycles. The van der Waals surface area contributed by atoms with Crippen LogP contribution >= 0.6 is 0 Å². The van der Waals surface area contributed by atoms with Gasteiger partial charge in [0.05, 0.1) is 30.0 Å². The Hall–Kier alpha value is -1.66. The second kappa shape index (κ2) is 5.76. The van der Waals surface area contributed by atoms with E-state index >= 15 is 0 Å². The fourth-order valence-corrected chi connectivity index (χ4v) is 3.19. The summed E-state index contributed by atoms with van der Waals surface area (Å²) in [5, 5.41) is 0. The quantitative estimate of drug-likeness (QED) is 0.625. The summed E-state index contributed by atoms with van der Waals surface area (Å²) in [5.41, 5.74) is 3.71. The molecule has 1 aliphatic carbocycles. The van der Waals surface area contributed by atoms with Crippen molar-refractivity contribution in [3.63, 3.8) is 0 Å². The number of pyridine rings is 1. The van der Waals surface area contributed by atoms with Gasteiger partial charge in [-0.1, -0.05) is 12.8 Å². The van der Waals surface area contributed by atoms with Crippen molar-refractivity contribution in [3.05, 3.63) is 24.0 Å². The van der Waals surface area contributed by atoms with Crippen molar-refractivity contribution < 1.29 is 9.53 Å². The van der Waals surface area contributed by atoms with Gasteiger partial charge in [-0.15, -0.1) is 0 Å². The lowest BCUT2D eigenvalue weighted by molar-refractivity contribution is -0.0752. The van der Waals surface area contributed by atoms with E-state index < -0.39 is 0 Å². The average Bonchev–Trinajstić information content (AvgIpc) is 2.53. The number of nitrogen functional groups attached to an aromatic ring is 1. The van der Waals surface area contributed by atoms with Gasteiger partial charge >= 0.3 is 0 Å². The molecule has 2 fully saturated rings. The Bertz CT molecular complexity index is 492. The van der Waals surface area contributed by atoms with Crippen LogP contribution in [0.5, 0.6) is 0 Å². The number of anilines is 1. The minimum absolute atomic E-state index is 0.00810. The van der Waals surface area contributed by atoms with E-state index in [-0.39, 0.29) is 18.1 Å². The molecule has 2 atom stereocenters. The molecule has 0 bridgehead atoms. The Kier molecular flexibility index (Phi) is 3.84. The van der Waals surface area contributed by atoms with Gasteiger partial charge in [0.1, 0.15) is 0 Å². The maximum atomic E-state index is 12.8. The number of hydrogen-bond donors (Lipinski definition) is 2. The lowest BCUT2D eigenvalue weighted by Gasteiger charge is -2.43. The molecule has 0 spiro atoms. The van der Waals surface area contributed by atoms with Crippen molar-refractivity contribution in [2.24, 2.45) is 5.84 Å². The summed E-state index contributed by atoms with van der Waals surface area (Å²) in [7, 11) is 0. The van der Waals surface area contributed by atoms with Crippen LogP contribution in [0.25, 0.3) is 0 Å². The van der Waals surface area contributed by atoms with Crippen LogP contribution in [-0.4, -0.2) is 41.1 Å². The summed E-state index contributed by atoms with van der Waals surface area (Å²) >= 11 is 0. The lowest BCUT2D eigenvalue weighted by Crippen LogP contribution is -2.54. The highest BCUT2D eigenvalue weighted by Gasteiger charge is 2.37. The highest BCUT2D eigenvalue weighted by Crippen LogP contribution is 2.30. The third-order valence-corrected chi connectivity index (χ3v) is 4.20. The monoisotopic (exact) mass is 276 g/mol. The average molecular weight is 276 g/mol. The Labute approximate surface area is 118 Å². The minimum atomic E-state index is -0.00810. The molecule has 108 valence electrons. The van der Waals surface area contributed by atoms with Gasteiger partial charge in [-0.3, -0.25) is 15.6 Å². The molecular formula is C14H20N4O2. The van der Waals surface area contributed by atoms with E-state index in [1.807, 2.05) is 4.90 Å². The number of carbonyl (C=O) groups is 1. The van der Waals surface area contributed by atoms with Crippen LogP contribution in [0, 0.1) is 0 Å². The fraction of sp³-hybridized carbons (Fsp3) is 0.571. The number of aromatic nitrogens is 1. The second-order valence-corrected chi connectivity index (χ2v) is 5.33. The lowest BCUT2D eigenvalue weighted by atomic mass is 9.89. The summed E-state index contributed by atoms with van der Waals surface area (Å²) in [6.45, 7) is 1.25. The molecule has 6 heteroatoms. The van der Waals surface area contributed by atoms with Crippen LogP contribution in [0.2, 0.25) is 0 Å². The summed E-state index contributed by atoms with van der Waals surface area (Å²) in [6, 6.07) is 1.90. The van der Waals surface area contributed by atoms with Gasteiger partial charge in [0.15, 0.2) is 0 Å². The zero-order chi connectivity index (χ0) is 13.9. The van der Waals surface area contributed by atoms with Crippen LogP contribution in [0.1, 0.15) is 36.0 Å². The Morgan fingerprint density at radius 2 is 2.30 bits per heavy atom. The van der Waals surface area contributed by atoms with E-state index in [2.05, 4.69) is 10.4 Å². The predicted octanol–water partition coefficient (Wildman–Crippen LogP) is 1.15. The third-order valence-electron chi connectivity index (χ3n) is 4.20. The van der Waals surface area contributed by atoms with Crippen molar-refractivity contribution in [3.8, 4) is 0 Å². The number of nitrogens with one attached hydrogen (secondary N) is 1. The zero-order valence-corrected chi connectivity index (χ0v) is 11.4. The van der Waals surface area contributed by atoms with E-state index in [4.69, 9.17) is 10.6 Å². The first-order valence-electron chi connectivity index (χ1n) is 7.14. The molecule has 1 aromatic rings. The van der Waals surface area contributed by atoms with Gasteiger partial charge in [-0.2, -0.15) is 0 Å². The van der Waals surface area contributed by atoms with Gasteiger partial charge in [0, 0.05) is 18.9 Å². The van der Waals surface area contributed by atoms with Crippen LogP contribution in [0.3, 0.4) is 0 Å². The Balaban J connectivity index is 1.85. The van der Waals surface area contributed by atoms with Gasteiger partial charge in [-0.05, 0) is 18.9 Å². The number of hydrogen-bond acceptors (Lipinski definition) is 5. The van der Waals surface area contributed by atoms with E-state index in [1.54, 1.807) is 18.5 Å². The summed E-state index contributed by atoms with van der Waals surface area (Å²) in [4.78, 5) is 18.7. The van der Waals surface area contributed by atoms with Crippen LogP contribution in [0.15, 0.2) is 18.5 Å². The van der Waals surface area contributed by atoms with Crippen molar-refractivity contribution in [2.75, 3.05) is 18.6 Å². The van der Waals surface area contributed by atoms with Crippen LogP contribution in [-0.2, 0) is 4.74 Å². The Morgan fingerprint density at radius 3 is 3.15 bits per heavy atom. The first kappa shape index (κ1) is 13.3. The van der Waals surface area contributed by atoms with Crippen molar-refractivity contribution in [1.82, 2.24) is 9.88 Å². The first-order valence-corrected chi connectivity index (χ1v) is 7.14. The molecule has 0 radical (unpaired) electrons. The second-order valence-electron chi connectivity index (χ2n) is 5.33. The highest BCUT2D eigenvalue weighted by molar-refractivity contribution is 5.99. The molecule has 1 aliphatic heterocycles. The molecule has 3 rings (SSSR count). The largest absolute Gasteiger partial charge is 0.374 e. The number of carbonyl (C=O) groups excluding carboxylic acids is 1. The summed E-state index contributed by atoms with van der Waals surface area (Å²) < 4.78 is 5.80. The number of ether oxygens (including phenoxy) is 1. The van der Waals surface area contributed by atoms with Crippen molar-refractivity contribution in [1.29, 1.82) is 0 Å². The maximum Gasteiger partial charge on any atom is 0.257 e. The third kappa shape index (κ3) is 2.36. The molecule has 2 aliphatic rings. The zero-order valence-electron chi connectivity index (χ0n) is 11.4. The Morgan fingerprint density at radius 1 is 1.45 bits per heavy atom. The molecule has 1 saturated carbocycles. The van der Waals surface area contributed by atoms with Gasteiger partial charge < -0.3 is 15.1 Å². The summed E-state index contributed by atoms with van der Waals surface area (Å²) in [6.07, 6.45) is 7.78. The minimum Gasteiger partial charge on any atom is -0.374 e. The number of amides is 1. The van der Waals surface area contributed by atoms with Crippen molar-refractivity contribution >= 4 is 11.6 Å². The number of hydrazine groups is 1. The molecular weight excluding hydrogens is 256 g/mol. The molecule has 2 heterocycles. The van der Waals surface area contributed by atoms with Crippen LogP contribution < -0.4 is 11.3 Å². The molecule has 1 amide bonds.